The molecule has 0 aromatic heterocycles. The minimum atomic E-state index is -1.08. The van der Waals surface area contributed by atoms with Gasteiger partial charge in [-0.15, -0.1) is 0 Å². The third-order valence-electron chi connectivity index (χ3n) is 4.70. The second kappa shape index (κ2) is 7.31. The molecule has 0 spiro atoms. The topological polar surface area (TPSA) is 40.5 Å². The van der Waals surface area contributed by atoms with Crippen molar-refractivity contribution < 1.29 is 18.7 Å². The molecule has 2 aromatic rings. The van der Waals surface area contributed by atoms with Gasteiger partial charge in [0.1, 0.15) is 11.6 Å². The number of amides is 1. The van der Waals surface area contributed by atoms with Crippen LogP contribution < -0.4 is 0 Å². The van der Waals surface area contributed by atoms with Crippen LogP contribution in [0.5, 0.6) is 0 Å². The van der Waals surface area contributed by atoms with Gasteiger partial charge in [-0.25, -0.2) is 8.78 Å². The molecule has 0 aliphatic carbocycles. The summed E-state index contributed by atoms with van der Waals surface area (Å²) in [5.74, 6) is -0.790. The predicted molar refractivity (Wildman–Crippen MR) is 90.6 cm³/mol. The van der Waals surface area contributed by atoms with Gasteiger partial charge in [0.15, 0.2) is 0 Å². The maximum atomic E-state index is 14.1. The van der Waals surface area contributed by atoms with E-state index in [1.807, 2.05) is 6.92 Å². The van der Waals surface area contributed by atoms with Crippen LogP contribution in [0.4, 0.5) is 8.78 Å². The van der Waals surface area contributed by atoms with Crippen molar-refractivity contribution in [3.63, 3.8) is 0 Å². The molecule has 3 atom stereocenters. The SMILES string of the molecule is CC1CC(c2ccccc2F)N(C(=O)CC(O)c2cccc(F)c2)C1. The van der Waals surface area contributed by atoms with Crippen molar-refractivity contribution in [1.29, 1.82) is 0 Å². The summed E-state index contributed by atoms with van der Waals surface area (Å²) in [5.41, 5.74) is 0.864. The minimum Gasteiger partial charge on any atom is -0.388 e. The van der Waals surface area contributed by atoms with Crippen molar-refractivity contribution in [1.82, 2.24) is 4.90 Å². The summed E-state index contributed by atoms with van der Waals surface area (Å²) in [7, 11) is 0. The molecule has 132 valence electrons. The lowest BCUT2D eigenvalue weighted by Crippen LogP contribution is -2.32. The number of carbonyl (C=O) groups excluding carboxylic acids is 1. The van der Waals surface area contributed by atoms with Crippen LogP contribution in [0.2, 0.25) is 0 Å². The summed E-state index contributed by atoms with van der Waals surface area (Å²) in [6.45, 7) is 2.54. The number of aliphatic hydroxyl groups is 1. The van der Waals surface area contributed by atoms with Gasteiger partial charge in [-0.2, -0.15) is 0 Å². The number of aliphatic hydroxyl groups excluding tert-OH is 1. The number of likely N-dealkylation sites (tertiary alicyclic amines) is 1. The number of hydrogen-bond donors (Lipinski definition) is 1. The van der Waals surface area contributed by atoms with Crippen LogP contribution >= 0.6 is 0 Å². The van der Waals surface area contributed by atoms with Crippen molar-refractivity contribution >= 4 is 5.91 Å². The van der Waals surface area contributed by atoms with Gasteiger partial charge in [0.05, 0.1) is 18.6 Å². The Morgan fingerprint density at radius 2 is 2.00 bits per heavy atom. The van der Waals surface area contributed by atoms with Crippen molar-refractivity contribution in [2.24, 2.45) is 5.92 Å². The molecule has 1 fully saturated rings. The first-order valence-corrected chi connectivity index (χ1v) is 8.43. The van der Waals surface area contributed by atoms with Crippen LogP contribution in [-0.2, 0) is 4.79 Å². The van der Waals surface area contributed by atoms with Gasteiger partial charge in [0.2, 0.25) is 5.91 Å². The maximum absolute atomic E-state index is 14.1. The van der Waals surface area contributed by atoms with Gasteiger partial charge in [-0.3, -0.25) is 4.79 Å². The highest BCUT2D eigenvalue weighted by Crippen LogP contribution is 2.37. The fourth-order valence-corrected chi connectivity index (χ4v) is 3.48. The summed E-state index contributed by atoms with van der Waals surface area (Å²) >= 11 is 0. The van der Waals surface area contributed by atoms with E-state index in [0.717, 1.165) is 0 Å². The second-order valence-corrected chi connectivity index (χ2v) is 6.70. The predicted octanol–water partition coefficient (Wildman–Crippen LogP) is 4.00. The molecule has 5 heteroatoms. The number of hydrogen-bond acceptors (Lipinski definition) is 2. The van der Waals surface area contributed by atoms with Gasteiger partial charge in [0.25, 0.3) is 0 Å². The lowest BCUT2D eigenvalue weighted by molar-refractivity contribution is -0.134. The molecule has 3 unspecified atom stereocenters. The standard InChI is InChI=1S/C20H21F2NO2/c1-13-9-18(16-7-2-3-8-17(16)22)23(12-13)20(25)11-19(24)14-5-4-6-15(21)10-14/h2-8,10,13,18-19,24H,9,11-12H2,1H3. The summed E-state index contributed by atoms with van der Waals surface area (Å²) in [6.07, 6.45) is -0.551. The van der Waals surface area contributed by atoms with E-state index in [4.69, 9.17) is 0 Å². The lowest BCUT2D eigenvalue weighted by atomic mass is 10.00. The first kappa shape index (κ1) is 17.5. The molecule has 1 N–H and O–H groups in total. The maximum Gasteiger partial charge on any atom is 0.226 e. The molecule has 1 aliphatic rings. The largest absolute Gasteiger partial charge is 0.388 e. The Hall–Kier alpha value is -2.27. The van der Waals surface area contributed by atoms with Crippen molar-refractivity contribution in [2.45, 2.75) is 31.9 Å². The van der Waals surface area contributed by atoms with Gasteiger partial charge in [0, 0.05) is 12.1 Å². The zero-order valence-electron chi connectivity index (χ0n) is 14.0. The summed E-state index contributed by atoms with van der Waals surface area (Å²) in [4.78, 5) is 14.3. The Bertz CT molecular complexity index is 765. The highest BCUT2D eigenvalue weighted by atomic mass is 19.1. The second-order valence-electron chi connectivity index (χ2n) is 6.70. The average molecular weight is 345 g/mol. The Morgan fingerprint density at radius 1 is 1.24 bits per heavy atom. The Labute approximate surface area is 145 Å². The Morgan fingerprint density at radius 3 is 2.72 bits per heavy atom. The minimum absolute atomic E-state index is 0.152. The Balaban J connectivity index is 1.77. The first-order valence-electron chi connectivity index (χ1n) is 8.43. The van der Waals surface area contributed by atoms with E-state index >= 15 is 0 Å². The molecule has 1 saturated heterocycles. The highest BCUT2D eigenvalue weighted by Gasteiger charge is 2.36. The quantitative estimate of drug-likeness (QED) is 0.910. The molecular formula is C20H21F2NO2. The molecule has 25 heavy (non-hydrogen) atoms. The van der Waals surface area contributed by atoms with Crippen LogP contribution in [0.15, 0.2) is 48.5 Å². The van der Waals surface area contributed by atoms with Gasteiger partial charge < -0.3 is 10.0 Å². The molecule has 2 aromatic carbocycles. The third-order valence-corrected chi connectivity index (χ3v) is 4.70. The van der Waals surface area contributed by atoms with Crippen LogP contribution in [0, 0.1) is 17.6 Å². The zero-order chi connectivity index (χ0) is 18.0. The average Bonchev–Trinajstić information content (AvgIpc) is 2.97. The molecular weight excluding hydrogens is 324 g/mol. The van der Waals surface area contributed by atoms with Crippen molar-refractivity contribution in [3.8, 4) is 0 Å². The van der Waals surface area contributed by atoms with Gasteiger partial charge >= 0.3 is 0 Å². The molecule has 0 saturated carbocycles. The molecule has 1 amide bonds. The molecule has 0 radical (unpaired) electrons. The van der Waals surface area contributed by atoms with Crippen LogP contribution in [0.1, 0.15) is 43.0 Å². The fourth-order valence-electron chi connectivity index (χ4n) is 3.48. The lowest BCUT2D eigenvalue weighted by Gasteiger charge is -2.26. The molecule has 3 nitrogen and oxygen atoms in total. The number of carbonyl (C=O) groups is 1. The van der Waals surface area contributed by atoms with Crippen LogP contribution in [0.25, 0.3) is 0 Å². The van der Waals surface area contributed by atoms with E-state index in [-0.39, 0.29) is 30.1 Å². The number of nitrogens with zero attached hydrogens (tertiary/aromatic N) is 1. The normalized spacial score (nSPS) is 21.4. The van der Waals surface area contributed by atoms with Gasteiger partial charge in [-0.05, 0) is 36.1 Å². The van der Waals surface area contributed by atoms with E-state index in [0.29, 0.717) is 24.1 Å². The highest BCUT2D eigenvalue weighted by molar-refractivity contribution is 5.77. The summed E-state index contributed by atoms with van der Waals surface area (Å²) in [6, 6.07) is 11.7. The number of halogens is 2. The van der Waals surface area contributed by atoms with E-state index in [9.17, 15) is 18.7 Å². The summed E-state index contributed by atoms with van der Waals surface area (Å²) < 4.78 is 27.4. The summed E-state index contributed by atoms with van der Waals surface area (Å²) in [5, 5.41) is 10.3. The molecule has 0 bridgehead atoms. The van der Waals surface area contributed by atoms with Gasteiger partial charge in [-0.1, -0.05) is 37.3 Å². The van der Waals surface area contributed by atoms with E-state index in [1.54, 1.807) is 29.2 Å². The van der Waals surface area contributed by atoms with Crippen LogP contribution in [-0.4, -0.2) is 22.5 Å². The zero-order valence-corrected chi connectivity index (χ0v) is 14.0. The molecule has 1 heterocycles. The van der Waals surface area contributed by atoms with E-state index < -0.39 is 11.9 Å². The van der Waals surface area contributed by atoms with Crippen LogP contribution in [0.3, 0.4) is 0 Å². The third kappa shape index (κ3) is 3.87. The molecule has 3 rings (SSSR count). The Kier molecular flexibility index (Phi) is 5.13. The number of benzene rings is 2. The smallest absolute Gasteiger partial charge is 0.226 e. The monoisotopic (exact) mass is 345 g/mol. The van der Waals surface area contributed by atoms with E-state index in [2.05, 4.69) is 0 Å². The van der Waals surface area contributed by atoms with Crippen molar-refractivity contribution in [3.05, 3.63) is 71.3 Å². The fraction of sp³-hybridized carbons (Fsp3) is 0.350. The van der Waals surface area contributed by atoms with E-state index in [1.165, 1.54) is 24.3 Å². The molecule has 1 aliphatic heterocycles. The first-order chi connectivity index (χ1) is 12.0. The number of rotatable bonds is 4. The van der Waals surface area contributed by atoms with Crippen molar-refractivity contribution in [2.75, 3.05) is 6.54 Å².